The molecule has 0 unspecified atom stereocenters. The van der Waals surface area contributed by atoms with E-state index in [0.717, 1.165) is 5.69 Å². The number of halogens is 4. The molecule has 0 spiro atoms. The first kappa shape index (κ1) is 21.7. The lowest BCUT2D eigenvalue weighted by atomic mass is 10.1. The highest BCUT2D eigenvalue weighted by Gasteiger charge is 2.33. The number of carbonyl (C=O) groups is 1. The highest BCUT2D eigenvalue weighted by Crippen LogP contribution is 2.29. The largest absolute Gasteiger partial charge is 0.494 e. The maximum atomic E-state index is 13.3. The van der Waals surface area contributed by atoms with Gasteiger partial charge in [0.05, 0.1) is 18.8 Å². The van der Waals surface area contributed by atoms with E-state index >= 15 is 0 Å². The molecule has 25 heavy (non-hydrogen) atoms. The van der Waals surface area contributed by atoms with Crippen molar-refractivity contribution in [2.45, 2.75) is 18.6 Å². The summed E-state index contributed by atoms with van der Waals surface area (Å²) in [5.74, 6) is 0.117. The zero-order valence-electron chi connectivity index (χ0n) is 13.9. The Morgan fingerprint density at radius 1 is 1.24 bits per heavy atom. The molecule has 9 heteroatoms. The fraction of sp³-hybridized carbons (Fsp3) is 0.562. The van der Waals surface area contributed by atoms with Crippen LogP contribution in [0.1, 0.15) is 6.42 Å². The van der Waals surface area contributed by atoms with Gasteiger partial charge in [0.1, 0.15) is 17.7 Å². The predicted octanol–water partition coefficient (Wildman–Crippen LogP) is 2.03. The maximum absolute atomic E-state index is 13.3. The third-order valence-electron chi connectivity index (χ3n) is 4.45. The summed E-state index contributed by atoms with van der Waals surface area (Å²) in [5.41, 5.74) is 0.823. The molecule has 142 valence electrons. The Balaban J connectivity index is 0.00000156. The molecule has 5 nitrogen and oxygen atoms in total. The van der Waals surface area contributed by atoms with Crippen molar-refractivity contribution in [2.24, 2.45) is 0 Å². The topological polar surface area (TPSA) is 44.8 Å². The summed E-state index contributed by atoms with van der Waals surface area (Å²) in [5, 5.41) is 2.93. The van der Waals surface area contributed by atoms with Crippen LogP contribution in [0.5, 0.6) is 5.75 Å². The van der Waals surface area contributed by atoms with E-state index in [1.807, 2.05) is 0 Å². The maximum Gasteiger partial charge on any atom is 0.239 e. The van der Waals surface area contributed by atoms with Crippen LogP contribution >= 0.6 is 24.8 Å². The van der Waals surface area contributed by atoms with Crippen LogP contribution < -0.4 is 15.0 Å². The Morgan fingerprint density at radius 3 is 2.48 bits per heavy atom. The third kappa shape index (κ3) is 4.86. The van der Waals surface area contributed by atoms with Crippen LogP contribution in [0.25, 0.3) is 0 Å². The van der Waals surface area contributed by atoms with Crippen molar-refractivity contribution in [3.8, 4) is 5.75 Å². The summed E-state index contributed by atoms with van der Waals surface area (Å²) in [6.07, 6.45) is -0.682. The smallest absolute Gasteiger partial charge is 0.239 e. The lowest BCUT2D eigenvalue weighted by Gasteiger charge is -2.37. The van der Waals surface area contributed by atoms with Crippen LogP contribution in [0.4, 0.5) is 14.5 Å². The molecule has 0 radical (unpaired) electrons. The molecule has 1 aromatic rings. The van der Waals surface area contributed by atoms with Crippen LogP contribution in [0.2, 0.25) is 0 Å². The summed E-state index contributed by atoms with van der Waals surface area (Å²) >= 11 is 0. The minimum atomic E-state index is -0.936. The lowest BCUT2D eigenvalue weighted by Crippen LogP contribution is -2.53. The van der Waals surface area contributed by atoms with E-state index in [-0.39, 0.29) is 49.5 Å². The number of nitrogens with one attached hydrogen (secondary N) is 1. The molecule has 0 aromatic heterocycles. The van der Waals surface area contributed by atoms with Gasteiger partial charge >= 0.3 is 0 Å². The summed E-state index contributed by atoms with van der Waals surface area (Å²) in [4.78, 5) is 16.2. The second-order valence-corrected chi connectivity index (χ2v) is 5.92. The molecule has 2 fully saturated rings. The fourth-order valence-corrected chi connectivity index (χ4v) is 3.18. The predicted molar refractivity (Wildman–Crippen MR) is 97.5 cm³/mol. The van der Waals surface area contributed by atoms with Gasteiger partial charge in [-0.25, -0.2) is 8.78 Å². The van der Waals surface area contributed by atoms with Crippen molar-refractivity contribution >= 4 is 36.4 Å². The Morgan fingerprint density at radius 2 is 1.92 bits per heavy atom. The second kappa shape index (κ2) is 9.40. The molecule has 2 saturated heterocycles. The average molecular weight is 398 g/mol. The van der Waals surface area contributed by atoms with Crippen LogP contribution in [-0.4, -0.2) is 62.9 Å². The molecule has 1 amide bonds. The lowest BCUT2D eigenvalue weighted by molar-refractivity contribution is -0.133. The van der Waals surface area contributed by atoms with Gasteiger partial charge in [-0.2, -0.15) is 0 Å². The van der Waals surface area contributed by atoms with E-state index in [2.05, 4.69) is 10.2 Å². The van der Waals surface area contributed by atoms with Crippen LogP contribution in [0.3, 0.4) is 0 Å². The van der Waals surface area contributed by atoms with Gasteiger partial charge in [0.25, 0.3) is 0 Å². The summed E-state index contributed by atoms with van der Waals surface area (Å²) in [7, 11) is 1.51. The number of alkyl halides is 1. The van der Waals surface area contributed by atoms with Gasteiger partial charge in [-0.3, -0.25) is 4.79 Å². The number of hydrogen-bond donors (Lipinski definition) is 1. The molecule has 2 atom stereocenters. The summed E-state index contributed by atoms with van der Waals surface area (Å²) in [6, 6.07) is 4.05. The first-order chi connectivity index (χ1) is 11.1. The molecule has 1 N–H and O–H groups in total. The standard InChI is InChI=1S/C16H21F2N3O2.2ClH/c1-23-15-9-11(17)2-3-14(15)20-4-6-21(7-5-20)16(22)13-8-12(18)10-19-13;;/h2-3,9,12-13,19H,4-8,10H2,1H3;2*1H/t12-,13+;;/m0../s1. The second-order valence-electron chi connectivity index (χ2n) is 5.92. The molecule has 1 aromatic carbocycles. The molecule has 0 aliphatic carbocycles. The average Bonchev–Trinajstić information content (AvgIpc) is 3.00. The first-order valence-electron chi connectivity index (χ1n) is 7.83. The van der Waals surface area contributed by atoms with Gasteiger partial charge < -0.3 is 19.9 Å². The van der Waals surface area contributed by atoms with E-state index in [4.69, 9.17) is 4.74 Å². The molecule has 0 bridgehead atoms. The molecular formula is C16H23Cl2F2N3O2. The Hall–Kier alpha value is -1.31. The van der Waals surface area contributed by atoms with Gasteiger partial charge in [-0.1, -0.05) is 0 Å². The monoisotopic (exact) mass is 397 g/mol. The first-order valence-corrected chi connectivity index (χ1v) is 7.83. The highest BCUT2D eigenvalue weighted by atomic mass is 35.5. The Kier molecular flexibility index (Phi) is 8.18. The number of hydrogen-bond acceptors (Lipinski definition) is 4. The third-order valence-corrected chi connectivity index (χ3v) is 4.45. The van der Waals surface area contributed by atoms with Crippen molar-refractivity contribution in [2.75, 3.05) is 44.7 Å². The molecular weight excluding hydrogens is 375 g/mol. The van der Waals surface area contributed by atoms with Crippen molar-refractivity contribution in [3.05, 3.63) is 24.0 Å². The molecule has 2 aliphatic rings. The molecule has 3 rings (SSSR count). The number of benzene rings is 1. The quantitative estimate of drug-likeness (QED) is 0.847. The van der Waals surface area contributed by atoms with Gasteiger partial charge in [0.15, 0.2) is 0 Å². The number of nitrogens with zero attached hydrogens (tertiary/aromatic N) is 2. The van der Waals surface area contributed by atoms with Crippen molar-refractivity contribution in [1.82, 2.24) is 10.2 Å². The van der Waals surface area contributed by atoms with Crippen LogP contribution in [0, 0.1) is 5.82 Å². The van der Waals surface area contributed by atoms with E-state index < -0.39 is 12.2 Å². The van der Waals surface area contributed by atoms with Gasteiger partial charge in [0, 0.05) is 45.2 Å². The SMILES string of the molecule is COc1cc(F)ccc1N1CCN(C(=O)[C@H]2C[C@H](F)CN2)CC1.Cl.Cl. The minimum Gasteiger partial charge on any atom is -0.494 e. The van der Waals surface area contributed by atoms with Crippen molar-refractivity contribution in [1.29, 1.82) is 0 Å². The molecule has 0 saturated carbocycles. The number of rotatable bonds is 3. The number of carbonyl (C=O) groups excluding carboxylic acids is 1. The van der Waals surface area contributed by atoms with Crippen LogP contribution in [-0.2, 0) is 4.79 Å². The Labute approximate surface area is 158 Å². The van der Waals surface area contributed by atoms with E-state index in [9.17, 15) is 13.6 Å². The number of piperazine rings is 1. The zero-order valence-corrected chi connectivity index (χ0v) is 15.5. The normalized spacial score (nSPS) is 22.8. The van der Waals surface area contributed by atoms with E-state index in [0.29, 0.717) is 31.9 Å². The fourth-order valence-electron chi connectivity index (χ4n) is 3.18. The molecule has 2 heterocycles. The number of ether oxygens (including phenoxy) is 1. The van der Waals surface area contributed by atoms with E-state index in [1.165, 1.54) is 19.2 Å². The van der Waals surface area contributed by atoms with Gasteiger partial charge in [-0.05, 0) is 12.1 Å². The number of amides is 1. The summed E-state index contributed by atoms with van der Waals surface area (Å²) < 4.78 is 31.7. The number of anilines is 1. The van der Waals surface area contributed by atoms with Crippen molar-refractivity contribution in [3.63, 3.8) is 0 Å². The van der Waals surface area contributed by atoms with Crippen LogP contribution in [0.15, 0.2) is 18.2 Å². The zero-order chi connectivity index (χ0) is 16.4. The van der Waals surface area contributed by atoms with Crippen molar-refractivity contribution < 1.29 is 18.3 Å². The summed E-state index contributed by atoms with van der Waals surface area (Å²) in [6.45, 7) is 2.66. The number of methoxy groups -OCH3 is 1. The van der Waals surface area contributed by atoms with Gasteiger partial charge in [-0.15, -0.1) is 24.8 Å². The minimum absolute atomic E-state index is 0. The Bertz CT molecular complexity index is 586. The van der Waals surface area contributed by atoms with Gasteiger partial charge in [0.2, 0.25) is 5.91 Å². The molecule has 2 aliphatic heterocycles. The van der Waals surface area contributed by atoms with E-state index in [1.54, 1.807) is 11.0 Å². The highest BCUT2D eigenvalue weighted by molar-refractivity contribution is 5.85.